The van der Waals surface area contributed by atoms with E-state index >= 15 is 0 Å². The molecule has 0 aliphatic rings. The first-order chi connectivity index (χ1) is 8.59. The van der Waals surface area contributed by atoms with E-state index in [1.165, 1.54) is 18.7 Å². The number of rotatable bonds is 3. The van der Waals surface area contributed by atoms with Crippen molar-refractivity contribution in [3.05, 3.63) is 56.9 Å². The van der Waals surface area contributed by atoms with Gasteiger partial charge >= 0.3 is 17.4 Å². The maximum Gasteiger partial charge on any atom is 0.356 e. The highest BCUT2D eigenvalue weighted by atomic mass is 16.5. The molecule has 2 rings (SSSR count). The zero-order chi connectivity index (χ0) is 13.1. The summed E-state index contributed by atoms with van der Waals surface area (Å²) in [6, 6.07) is 9.46. The van der Waals surface area contributed by atoms with Gasteiger partial charge in [-0.2, -0.15) is 0 Å². The van der Waals surface area contributed by atoms with Gasteiger partial charge in [-0.05, 0) is 5.56 Å². The summed E-state index contributed by atoms with van der Waals surface area (Å²) in [5, 5.41) is 0. The first-order valence-corrected chi connectivity index (χ1v) is 5.40. The number of benzene rings is 1. The Hall–Kier alpha value is -2.37. The molecule has 2 aromatic rings. The molecule has 0 unspecified atom stereocenters. The highest BCUT2D eigenvalue weighted by Crippen LogP contribution is 2.04. The minimum Gasteiger partial charge on any atom is -0.460 e. The molecule has 0 aliphatic heterocycles. The Morgan fingerprint density at radius 3 is 2.44 bits per heavy atom. The van der Waals surface area contributed by atoms with Crippen LogP contribution in [0.3, 0.4) is 0 Å². The van der Waals surface area contributed by atoms with Crippen LogP contribution in [0.4, 0.5) is 0 Å². The second-order valence-electron chi connectivity index (χ2n) is 3.85. The fourth-order valence-corrected chi connectivity index (χ4v) is 1.47. The summed E-state index contributed by atoms with van der Waals surface area (Å²) in [5.74, 6) is 0. The molecule has 1 aromatic heterocycles. The van der Waals surface area contributed by atoms with Crippen molar-refractivity contribution in [1.82, 2.24) is 14.1 Å². The van der Waals surface area contributed by atoms with Gasteiger partial charge in [0.05, 0.1) is 0 Å². The Morgan fingerprint density at radius 1 is 1.11 bits per heavy atom. The zero-order valence-corrected chi connectivity index (χ0v) is 10.2. The third kappa shape index (κ3) is 2.32. The quantitative estimate of drug-likeness (QED) is 0.769. The van der Waals surface area contributed by atoms with Gasteiger partial charge in [0.1, 0.15) is 6.61 Å². The largest absolute Gasteiger partial charge is 0.460 e. The molecule has 0 fully saturated rings. The number of nitrogens with zero attached hydrogens (tertiary/aromatic N) is 3. The van der Waals surface area contributed by atoms with Gasteiger partial charge in [-0.15, -0.1) is 4.98 Å². The molecule has 0 spiro atoms. The van der Waals surface area contributed by atoms with Crippen molar-refractivity contribution in [2.45, 2.75) is 6.61 Å². The van der Waals surface area contributed by atoms with Gasteiger partial charge in [0, 0.05) is 14.1 Å². The van der Waals surface area contributed by atoms with Crippen LogP contribution in [0.15, 0.2) is 39.9 Å². The Kier molecular flexibility index (Phi) is 3.27. The van der Waals surface area contributed by atoms with Crippen molar-refractivity contribution in [2.24, 2.45) is 14.1 Å². The van der Waals surface area contributed by atoms with Crippen LogP contribution in [-0.4, -0.2) is 14.1 Å². The van der Waals surface area contributed by atoms with Gasteiger partial charge in [-0.25, -0.2) is 14.2 Å². The van der Waals surface area contributed by atoms with E-state index in [2.05, 4.69) is 4.98 Å². The van der Waals surface area contributed by atoms with Crippen LogP contribution in [0, 0.1) is 0 Å². The minimum atomic E-state index is -0.624. The van der Waals surface area contributed by atoms with Crippen LogP contribution >= 0.6 is 0 Å². The second-order valence-corrected chi connectivity index (χ2v) is 3.85. The highest BCUT2D eigenvalue weighted by Gasteiger charge is 2.08. The lowest BCUT2D eigenvalue weighted by Gasteiger charge is -2.09. The van der Waals surface area contributed by atoms with E-state index < -0.39 is 11.4 Å². The van der Waals surface area contributed by atoms with Crippen molar-refractivity contribution >= 4 is 0 Å². The van der Waals surface area contributed by atoms with Crippen LogP contribution in [0.5, 0.6) is 6.01 Å². The summed E-state index contributed by atoms with van der Waals surface area (Å²) in [6.07, 6.45) is 0. The molecule has 94 valence electrons. The van der Waals surface area contributed by atoms with Gasteiger partial charge in [-0.3, -0.25) is 4.57 Å². The first kappa shape index (κ1) is 12.1. The van der Waals surface area contributed by atoms with Gasteiger partial charge in [0.25, 0.3) is 0 Å². The molecule has 0 atom stereocenters. The average Bonchev–Trinajstić information content (AvgIpc) is 2.40. The van der Waals surface area contributed by atoms with Crippen molar-refractivity contribution < 1.29 is 4.74 Å². The summed E-state index contributed by atoms with van der Waals surface area (Å²) in [7, 11) is 2.88. The van der Waals surface area contributed by atoms with E-state index in [0.29, 0.717) is 0 Å². The van der Waals surface area contributed by atoms with Crippen LogP contribution in [0.1, 0.15) is 5.56 Å². The molecule has 1 heterocycles. The van der Waals surface area contributed by atoms with E-state index in [1.54, 1.807) is 0 Å². The van der Waals surface area contributed by atoms with Crippen LogP contribution in [-0.2, 0) is 20.7 Å². The first-order valence-electron chi connectivity index (χ1n) is 5.40. The maximum absolute atomic E-state index is 11.6. The third-order valence-corrected chi connectivity index (χ3v) is 2.55. The van der Waals surface area contributed by atoms with Crippen LogP contribution in [0.25, 0.3) is 0 Å². The van der Waals surface area contributed by atoms with Gasteiger partial charge in [0.15, 0.2) is 0 Å². The summed E-state index contributed by atoms with van der Waals surface area (Å²) >= 11 is 0. The second kappa shape index (κ2) is 4.87. The minimum absolute atomic E-state index is 0.0203. The van der Waals surface area contributed by atoms with E-state index in [9.17, 15) is 9.59 Å². The van der Waals surface area contributed by atoms with Gasteiger partial charge in [0.2, 0.25) is 0 Å². The molecule has 6 heteroatoms. The topological polar surface area (TPSA) is 66.1 Å². The van der Waals surface area contributed by atoms with E-state index in [-0.39, 0.29) is 12.6 Å². The molecule has 0 bridgehead atoms. The highest BCUT2D eigenvalue weighted by molar-refractivity contribution is 5.14. The lowest BCUT2D eigenvalue weighted by molar-refractivity contribution is 0.259. The molecule has 0 aliphatic carbocycles. The lowest BCUT2D eigenvalue weighted by Crippen LogP contribution is -2.39. The fraction of sp³-hybridized carbons (Fsp3) is 0.250. The molecular weight excluding hydrogens is 234 g/mol. The monoisotopic (exact) mass is 247 g/mol. The predicted octanol–water partition coefficient (Wildman–Crippen LogP) is 0.0580. The summed E-state index contributed by atoms with van der Waals surface area (Å²) in [6.45, 7) is 0.258. The van der Waals surface area contributed by atoms with E-state index in [1.807, 2.05) is 30.3 Å². The Bertz CT molecular complexity index is 659. The number of aromatic nitrogens is 3. The fourth-order valence-electron chi connectivity index (χ4n) is 1.47. The van der Waals surface area contributed by atoms with Crippen LogP contribution in [0.2, 0.25) is 0 Å². The average molecular weight is 247 g/mol. The molecule has 0 N–H and O–H groups in total. The van der Waals surface area contributed by atoms with Gasteiger partial charge in [-0.1, -0.05) is 30.3 Å². The lowest BCUT2D eigenvalue weighted by atomic mass is 10.2. The Labute approximate surface area is 103 Å². The molecular formula is C12H13N3O3. The SMILES string of the molecule is Cn1c(OCc2ccccc2)nc(=O)n(C)c1=O. The molecule has 0 radical (unpaired) electrons. The van der Waals surface area contributed by atoms with Crippen molar-refractivity contribution in [3.63, 3.8) is 0 Å². The molecule has 1 aromatic carbocycles. The molecule has 0 saturated heterocycles. The van der Waals surface area contributed by atoms with Crippen LogP contribution < -0.4 is 16.1 Å². The van der Waals surface area contributed by atoms with Crippen molar-refractivity contribution in [1.29, 1.82) is 0 Å². The van der Waals surface area contributed by atoms with Crippen molar-refractivity contribution in [3.8, 4) is 6.01 Å². The molecule has 6 nitrogen and oxygen atoms in total. The van der Waals surface area contributed by atoms with Gasteiger partial charge < -0.3 is 4.74 Å². The molecule has 18 heavy (non-hydrogen) atoms. The zero-order valence-electron chi connectivity index (χ0n) is 10.2. The summed E-state index contributed by atoms with van der Waals surface area (Å²) < 4.78 is 7.50. The number of hydrogen-bond donors (Lipinski definition) is 0. The molecule has 0 amide bonds. The summed E-state index contributed by atoms with van der Waals surface area (Å²) in [4.78, 5) is 26.7. The number of hydrogen-bond acceptors (Lipinski definition) is 4. The normalized spacial score (nSPS) is 10.3. The predicted molar refractivity (Wildman–Crippen MR) is 65.5 cm³/mol. The van der Waals surface area contributed by atoms with E-state index in [0.717, 1.165) is 10.1 Å². The standard InChI is InChI=1S/C12H13N3O3/c1-14-10(16)13-11(15(2)12(14)17)18-8-9-6-4-3-5-7-9/h3-7H,8H2,1-2H3. The molecule has 0 saturated carbocycles. The Balaban J connectivity index is 2.26. The number of ether oxygens (including phenoxy) is 1. The van der Waals surface area contributed by atoms with E-state index in [4.69, 9.17) is 4.74 Å². The van der Waals surface area contributed by atoms with Crippen molar-refractivity contribution in [2.75, 3.05) is 0 Å². The third-order valence-electron chi connectivity index (χ3n) is 2.55. The Morgan fingerprint density at radius 2 is 1.78 bits per heavy atom. The summed E-state index contributed by atoms with van der Waals surface area (Å²) in [5.41, 5.74) is -0.147. The maximum atomic E-state index is 11.6. The smallest absolute Gasteiger partial charge is 0.356 e.